The Hall–Kier alpha value is -0.830. The van der Waals surface area contributed by atoms with Crippen LogP contribution in [-0.4, -0.2) is 4.98 Å². The minimum Gasteiger partial charge on any atom is -0.264 e. The van der Waals surface area contributed by atoms with Crippen molar-refractivity contribution in [2.45, 2.75) is 0 Å². The number of aromatic nitrogens is 1. The van der Waals surface area contributed by atoms with Gasteiger partial charge in [0.1, 0.15) is 0 Å². The predicted molar refractivity (Wildman–Crippen MR) is 29.3 cm³/mol. The van der Waals surface area contributed by atoms with Crippen LogP contribution in [0.1, 0.15) is 0 Å². The van der Waals surface area contributed by atoms with Crippen LogP contribution >= 0.6 is 11.6 Å². The van der Waals surface area contributed by atoms with Gasteiger partial charge < -0.3 is 0 Å². The second kappa shape index (κ2) is 2.19. The molecule has 0 bridgehead atoms. The van der Waals surface area contributed by atoms with Crippen LogP contribution < -0.4 is 0 Å². The van der Waals surface area contributed by atoms with E-state index >= 15 is 0 Å². The fourth-order valence-electron chi connectivity index (χ4n) is 0.402. The van der Waals surface area contributed by atoms with Gasteiger partial charge >= 0.3 is 5.88 Å². The van der Waals surface area contributed by atoms with Crippen LogP contribution in [0.25, 0.3) is 0 Å². The SMILES string of the molecule is [O]c1nccc(Cl)c1F. The quantitative estimate of drug-likeness (QED) is 0.551. The van der Waals surface area contributed by atoms with E-state index in [1.54, 1.807) is 0 Å². The van der Waals surface area contributed by atoms with Gasteiger partial charge in [-0.2, -0.15) is 4.39 Å². The van der Waals surface area contributed by atoms with Crippen molar-refractivity contribution in [2.24, 2.45) is 0 Å². The first-order valence-electron chi connectivity index (χ1n) is 2.19. The summed E-state index contributed by atoms with van der Waals surface area (Å²) >= 11 is 5.20. The van der Waals surface area contributed by atoms with Gasteiger partial charge in [-0.25, -0.2) is 4.98 Å². The molecule has 1 aromatic heterocycles. The van der Waals surface area contributed by atoms with Gasteiger partial charge in [-0.1, -0.05) is 11.6 Å². The van der Waals surface area contributed by atoms with E-state index in [1.165, 1.54) is 6.07 Å². The third-order valence-electron chi connectivity index (χ3n) is 0.810. The summed E-state index contributed by atoms with van der Waals surface area (Å²) in [6.07, 6.45) is 1.16. The molecule has 2 nitrogen and oxygen atoms in total. The highest BCUT2D eigenvalue weighted by atomic mass is 35.5. The summed E-state index contributed by atoms with van der Waals surface area (Å²) in [5, 5.41) is 10.1. The predicted octanol–water partition coefficient (Wildman–Crippen LogP) is 2.02. The Bertz CT molecular complexity index is 208. The molecule has 1 heterocycles. The molecule has 0 unspecified atom stereocenters. The van der Waals surface area contributed by atoms with Gasteiger partial charge in [0.25, 0.3) is 0 Å². The summed E-state index contributed by atoms with van der Waals surface area (Å²) in [6, 6.07) is 1.22. The van der Waals surface area contributed by atoms with E-state index in [4.69, 9.17) is 11.6 Å². The van der Waals surface area contributed by atoms with Crippen molar-refractivity contribution in [2.75, 3.05) is 0 Å². The molecule has 0 aliphatic carbocycles. The smallest absolute Gasteiger partial charge is 0.264 e. The molecule has 47 valence electrons. The first-order valence-corrected chi connectivity index (χ1v) is 2.56. The van der Waals surface area contributed by atoms with E-state index < -0.39 is 11.7 Å². The van der Waals surface area contributed by atoms with Gasteiger partial charge in [-0.05, 0) is 6.07 Å². The van der Waals surface area contributed by atoms with Gasteiger partial charge in [-0.3, -0.25) is 5.11 Å². The number of nitrogens with zero attached hydrogens (tertiary/aromatic N) is 1. The van der Waals surface area contributed by atoms with Crippen molar-refractivity contribution < 1.29 is 9.50 Å². The molecular weight excluding hydrogens is 145 g/mol. The maximum Gasteiger partial charge on any atom is 0.307 e. The molecule has 9 heavy (non-hydrogen) atoms. The summed E-state index contributed by atoms with van der Waals surface area (Å²) in [5.41, 5.74) is 0. The molecule has 1 rings (SSSR count). The van der Waals surface area contributed by atoms with E-state index in [1.807, 2.05) is 0 Å². The van der Waals surface area contributed by atoms with Crippen molar-refractivity contribution in [1.82, 2.24) is 4.98 Å². The number of hydrogen-bond acceptors (Lipinski definition) is 1. The zero-order valence-electron chi connectivity index (χ0n) is 4.27. The molecule has 0 amide bonds. The molecule has 1 radical (unpaired) electrons. The summed E-state index contributed by atoms with van der Waals surface area (Å²) in [5.74, 6) is -1.90. The molecule has 0 atom stereocenters. The Kier molecular flexibility index (Phi) is 1.53. The zero-order valence-corrected chi connectivity index (χ0v) is 5.02. The minimum absolute atomic E-state index is 0.185. The highest BCUT2D eigenvalue weighted by molar-refractivity contribution is 6.30. The summed E-state index contributed by atoms with van der Waals surface area (Å²) < 4.78 is 12.2. The van der Waals surface area contributed by atoms with E-state index in [0.717, 1.165) is 6.20 Å². The molecule has 0 fully saturated rings. The van der Waals surface area contributed by atoms with Crippen LogP contribution in [0.15, 0.2) is 12.3 Å². The van der Waals surface area contributed by atoms with Crippen LogP contribution in [0.4, 0.5) is 4.39 Å². The maximum absolute atomic E-state index is 12.2. The molecule has 0 N–H and O–H groups in total. The molecule has 0 spiro atoms. The lowest BCUT2D eigenvalue weighted by Crippen LogP contribution is -1.79. The summed E-state index contributed by atoms with van der Waals surface area (Å²) in [7, 11) is 0. The third-order valence-corrected chi connectivity index (χ3v) is 1.10. The molecule has 4 heteroatoms. The summed E-state index contributed by atoms with van der Waals surface area (Å²) in [6.45, 7) is 0. The van der Waals surface area contributed by atoms with E-state index in [0.29, 0.717) is 0 Å². The zero-order chi connectivity index (χ0) is 6.85. The highest BCUT2D eigenvalue weighted by Crippen LogP contribution is 2.19. The van der Waals surface area contributed by atoms with Crippen molar-refractivity contribution in [3.8, 4) is 5.88 Å². The summed E-state index contributed by atoms with van der Waals surface area (Å²) in [4.78, 5) is 3.12. The lowest BCUT2D eigenvalue weighted by molar-refractivity contribution is 0.312. The van der Waals surface area contributed by atoms with Crippen molar-refractivity contribution in [1.29, 1.82) is 0 Å². The average molecular weight is 147 g/mol. The number of halogens is 2. The molecular formula is C5H2ClFNO. The lowest BCUT2D eigenvalue weighted by atomic mass is 10.5. The van der Waals surface area contributed by atoms with Crippen LogP contribution in [0.3, 0.4) is 0 Å². The van der Waals surface area contributed by atoms with Crippen molar-refractivity contribution in [3.05, 3.63) is 23.1 Å². The van der Waals surface area contributed by atoms with Crippen molar-refractivity contribution in [3.63, 3.8) is 0 Å². The van der Waals surface area contributed by atoms with Gasteiger partial charge in [-0.15, -0.1) is 0 Å². The molecule has 0 aromatic carbocycles. The van der Waals surface area contributed by atoms with Gasteiger partial charge in [0.05, 0.1) is 5.02 Å². The average Bonchev–Trinajstić information content (AvgIpc) is 1.83. The Labute approximate surface area is 55.9 Å². The Morgan fingerprint density at radius 1 is 1.67 bits per heavy atom. The monoisotopic (exact) mass is 146 g/mol. The molecule has 1 aromatic rings. The van der Waals surface area contributed by atoms with Gasteiger partial charge in [0, 0.05) is 6.20 Å². The molecule has 0 aliphatic rings. The lowest BCUT2D eigenvalue weighted by Gasteiger charge is -1.89. The van der Waals surface area contributed by atoms with Crippen molar-refractivity contribution >= 4 is 11.6 Å². The second-order valence-corrected chi connectivity index (χ2v) is 1.82. The van der Waals surface area contributed by atoms with Crippen LogP contribution in [0, 0.1) is 5.82 Å². The maximum atomic E-state index is 12.2. The standard InChI is InChI=1S/C5H2ClFNO/c6-3-1-2-8-5(9)4(3)7/h1-2H. The topological polar surface area (TPSA) is 32.8 Å². The first kappa shape index (κ1) is 6.29. The minimum atomic E-state index is -0.987. The van der Waals surface area contributed by atoms with Crippen LogP contribution in [0.5, 0.6) is 5.88 Å². The number of rotatable bonds is 0. The molecule has 0 aliphatic heterocycles. The second-order valence-electron chi connectivity index (χ2n) is 1.41. The van der Waals surface area contributed by atoms with Crippen LogP contribution in [0.2, 0.25) is 5.02 Å². The fourth-order valence-corrected chi connectivity index (χ4v) is 0.540. The van der Waals surface area contributed by atoms with E-state index in [2.05, 4.69) is 4.98 Å². The Balaban J connectivity index is 3.25. The number of pyridine rings is 1. The third kappa shape index (κ3) is 1.10. The van der Waals surface area contributed by atoms with Crippen LogP contribution in [-0.2, 0) is 5.11 Å². The fraction of sp³-hybridized carbons (Fsp3) is 0. The van der Waals surface area contributed by atoms with Gasteiger partial charge in [0.15, 0.2) is 0 Å². The first-order chi connectivity index (χ1) is 4.22. The molecule has 0 saturated heterocycles. The van der Waals surface area contributed by atoms with Gasteiger partial charge in [0.2, 0.25) is 5.82 Å². The number of hydrogen-bond donors (Lipinski definition) is 0. The highest BCUT2D eigenvalue weighted by Gasteiger charge is 2.05. The Morgan fingerprint density at radius 2 is 2.33 bits per heavy atom. The molecule has 0 saturated carbocycles. The van der Waals surface area contributed by atoms with E-state index in [-0.39, 0.29) is 5.02 Å². The largest absolute Gasteiger partial charge is 0.307 e. The normalized spacial score (nSPS) is 9.56. The Morgan fingerprint density at radius 3 is 2.78 bits per heavy atom. The van der Waals surface area contributed by atoms with E-state index in [9.17, 15) is 9.50 Å².